The SMILES string of the molecule is CC(=O)N(C)C1CCS(=N)(=O)C1. The highest BCUT2D eigenvalue weighted by Gasteiger charge is 2.28. The molecule has 0 aromatic rings. The molecule has 1 amide bonds. The lowest BCUT2D eigenvalue weighted by Gasteiger charge is -2.21. The smallest absolute Gasteiger partial charge is 0.219 e. The molecular weight excluding hydrogens is 176 g/mol. The third-order valence-electron chi connectivity index (χ3n) is 2.29. The number of hydrogen-bond acceptors (Lipinski definition) is 3. The van der Waals surface area contributed by atoms with Gasteiger partial charge in [0, 0.05) is 35.5 Å². The van der Waals surface area contributed by atoms with Crippen LogP contribution in [-0.2, 0) is 14.5 Å². The molecule has 1 aliphatic rings. The van der Waals surface area contributed by atoms with Gasteiger partial charge in [0.05, 0.1) is 5.75 Å². The van der Waals surface area contributed by atoms with Crippen LogP contribution in [0, 0.1) is 4.78 Å². The zero-order valence-electron chi connectivity index (χ0n) is 7.37. The summed E-state index contributed by atoms with van der Waals surface area (Å²) in [6.07, 6.45) is 0.707. The lowest BCUT2D eigenvalue weighted by Crippen LogP contribution is -2.36. The minimum Gasteiger partial charge on any atom is -0.342 e. The standard InChI is InChI=1S/C7H14N2O2S/c1-6(10)9(2)7-3-4-12(8,11)5-7/h7-8H,3-5H2,1-2H3. The maximum atomic E-state index is 11.3. The third-order valence-corrected chi connectivity index (χ3v) is 4.11. The molecule has 12 heavy (non-hydrogen) atoms. The van der Waals surface area contributed by atoms with Crippen LogP contribution in [0.1, 0.15) is 13.3 Å². The van der Waals surface area contributed by atoms with Gasteiger partial charge in [-0.15, -0.1) is 0 Å². The van der Waals surface area contributed by atoms with E-state index in [9.17, 15) is 9.00 Å². The summed E-state index contributed by atoms with van der Waals surface area (Å²) in [6.45, 7) is 1.49. The number of nitrogens with zero attached hydrogens (tertiary/aromatic N) is 1. The minimum atomic E-state index is -2.37. The van der Waals surface area contributed by atoms with Crippen LogP contribution in [0.3, 0.4) is 0 Å². The molecule has 2 unspecified atom stereocenters. The van der Waals surface area contributed by atoms with Gasteiger partial charge >= 0.3 is 0 Å². The first kappa shape index (κ1) is 9.51. The summed E-state index contributed by atoms with van der Waals surface area (Å²) in [4.78, 5) is 12.5. The molecule has 1 saturated heterocycles. The Bertz CT molecular complexity index is 284. The van der Waals surface area contributed by atoms with E-state index < -0.39 is 9.73 Å². The lowest BCUT2D eigenvalue weighted by atomic mass is 10.2. The molecule has 1 aliphatic heterocycles. The first-order valence-corrected chi connectivity index (χ1v) is 5.79. The summed E-state index contributed by atoms with van der Waals surface area (Å²) in [5, 5.41) is 0. The number of nitrogens with one attached hydrogen (secondary N) is 1. The molecule has 1 heterocycles. The van der Waals surface area contributed by atoms with E-state index in [4.69, 9.17) is 4.78 Å². The molecule has 0 aliphatic carbocycles. The number of hydrogen-bond donors (Lipinski definition) is 1. The van der Waals surface area contributed by atoms with E-state index in [1.54, 1.807) is 11.9 Å². The van der Waals surface area contributed by atoms with Gasteiger partial charge < -0.3 is 4.90 Å². The van der Waals surface area contributed by atoms with Crippen LogP contribution >= 0.6 is 0 Å². The van der Waals surface area contributed by atoms with Gasteiger partial charge in [0.25, 0.3) is 0 Å². The number of amides is 1. The summed E-state index contributed by atoms with van der Waals surface area (Å²) in [6, 6.07) is 0.0208. The van der Waals surface area contributed by atoms with Gasteiger partial charge in [-0.1, -0.05) is 0 Å². The van der Waals surface area contributed by atoms with Gasteiger partial charge in [-0.2, -0.15) is 0 Å². The van der Waals surface area contributed by atoms with E-state index in [1.807, 2.05) is 0 Å². The molecule has 2 atom stereocenters. The zero-order valence-corrected chi connectivity index (χ0v) is 8.19. The highest BCUT2D eigenvalue weighted by molar-refractivity contribution is 7.92. The third kappa shape index (κ3) is 1.97. The van der Waals surface area contributed by atoms with Gasteiger partial charge in [-0.05, 0) is 6.42 Å². The van der Waals surface area contributed by atoms with E-state index in [1.165, 1.54) is 6.92 Å². The van der Waals surface area contributed by atoms with E-state index in [0.29, 0.717) is 17.9 Å². The Labute approximate surface area is 72.9 Å². The summed E-state index contributed by atoms with van der Waals surface area (Å²) in [5.74, 6) is 0.773. The van der Waals surface area contributed by atoms with Crippen molar-refractivity contribution >= 4 is 15.6 Å². The summed E-state index contributed by atoms with van der Waals surface area (Å²) in [5.41, 5.74) is 0. The van der Waals surface area contributed by atoms with Crippen molar-refractivity contribution in [2.24, 2.45) is 0 Å². The van der Waals surface area contributed by atoms with Crippen molar-refractivity contribution in [2.45, 2.75) is 19.4 Å². The Balaban J connectivity index is 2.64. The molecule has 0 bridgehead atoms. The molecule has 1 fully saturated rings. The fourth-order valence-corrected chi connectivity index (χ4v) is 3.20. The normalized spacial score (nSPS) is 35.0. The Morgan fingerprint density at radius 2 is 2.25 bits per heavy atom. The van der Waals surface area contributed by atoms with Crippen molar-refractivity contribution in [2.75, 3.05) is 18.6 Å². The number of rotatable bonds is 1. The largest absolute Gasteiger partial charge is 0.342 e. The van der Waals surface area contributed by atoms with E-state index in [0.717, 1.165) is 0 Å². The van der Waals surface area contributed by atoms with Gasteiger partial charge in [0.15, 0.2) is 0 Å². The fraction of sp³-hybridized carbons (Fsp3) is 0.857. The molecule has 1 rings (SSSR count). The number of carbonyl (C=O) groups is 1. The minimum absolute atomic E-state index is 0.0166. The number of carbonyl (C=O) groups excluding carboxylic acids is 1. The molecule has 0 spiro atoms. The molecular formula is C7H14N2O2S. The van der Waals surface area contributed by atoms with Crippen molar-refractivity contribution < 1.29 is 9.00 Å². The van der Waals surface area contributed by atoms with Crippen molar-refractivity contribution in [1.29, 1.82) is 4.78 Å². The lowest BCUT2D eigenvalue weighted by molar-refractivity contribution is -0.129. The van der Waals surface area contributed by atoms with Crippen LogP contribution in [-0.4, -0.2) is 39.6 Å². The monoisotopic (exact) mass is 190 g/mol. The van der Waals surface area contributed by atoms with E-state index in [-0.39, 0.29) is 11.9 Å². The highest BCUT2D eigenvalue weighted by Crippen LogP contribution is 2.16. The van der Waals surface area contributed by atoms with Crippen molar-refractivity contribution in [3.05, 3.63) is 0 Å². The zero-order chi connectivity index (χ0) is 9.35. The quantitative estimate of drug-likeness (QED) is 0.645. The van der Waals surface area contributed by atoms with E-state index >= 15 is 0 Å². The Morgan fingerprint density at radius 1 is 1.67 bits per heavy atom. The summed E-state index contributed by atoms with van der Waals surface area (Å²) >= 11 is 0. The van der Waals surface area contributed by atoms with Crippen LogP contribution in [0.2, 0.25) is 0 Å². The average Bonchev–Trinajstić information content (AvgIpc) is 2.28. The first-order valence-electron chi connectivity index (χ1n) is 3.90. The fourth-order valence-electron chi connectivity index (χ4n) is 1.37. The molecule has 0 aromatic carbocycles. The maximum Gasteiger partial charge on any atom is 0.219 e. The summed E-state index contributed by atoms with van der Waals surface area (Å²) in [7, 11) is -0.666. The second-order valence-electron chi connectivity index (χ2n) is 3.26. The Morgan fingerprint density at radius 3 is 2.58 bits per heavy atom. The van der Waals surface area contributed by atoms with Crippen LogP contribution in [0.4, 0.5) is 0 Å². The molecule has 70 valence electrons. The average molecular weight is 190 g/mol. The predicted octanol–water partition coefficient (Wildman–Crippen LogP) is 0.284. The Hall–Kier alpha value is -0.580. The summed E-state index contributed by atoms with van der Waals surface area (Å²) < 4.78 is 18.6. The van der Waals surface area contributed by atoms with Gasteiger partial charge in [-0.3, -0.25) is 9.57 Å². The molecule has 0 radical (unpaired) electrons. The molecule has 0 saturated carbocycles. The van der Waals surface area contributed by atoms with Gasteiger partial charge in [-0.25, -0.2) is 4.21 Å². The van der Waals surface area contributed by atoms with E-state index in [2.05, 4.69) is 0 Å². The highest BCUT2D eigenvalue weighted by atomic mass is 32.2. The second-order valence-corrected chi connectivity index (χ2v) is 5.62. The second kappa shape index (κ2) is 3.05. The van der Waals surface area contributed by atoms with Crippen LogP contribution in [0.25, 0.3) is 0 Å². The van der Waals surface area contributed by atoms with Crippen LogP contribution in [0.5, 0.6) is 0 Å². The molecule has 4 nitrogen and oxygen atoms in total. The Kier molecular flexibility index (Phi) is 2.41. The van der Waals surface area contributed by atoms with Gasteiger partial charge in [0.2, 0.25) is 5.91 Å². The van der Waals surface area contributed by atoms with Gasteiger partial charge in [0.1, 0.15) is 0 Å². The predicted molar refractivity (Wildman–Crippen MR) is 47.4 cm³/mol. The van der Waals surface area contributed by atoms with Crippen molar-refractivity contribution in [3.63, 3.8) is 0 Å². The maximum absolute atomic E-state index is 11.3. The van der Waals surface area contributed by atoms with Crippen molar-refractivity contribution in [1.82, 2.24) is 4.90 Å². The first-order chi connectivity index (χ1) is 5.42. The topological polar surface area (TPSA) is 61.2 Å². The van der Waals surface area contributed by atoms with Crippen LogP contribution in [0.15, 0.2) is 0 Å². The van der Waals surface area contributed by atoms with Crippen LogP contribution < -0.4 is 0 Å². The molecule has 1 N–H and O–H groups in total. The van der Waals surface area contributed by atoms with Crippen molar-refractivity contribution in [3.8, 4) is 0 Å². The molecule has 5 heteroatoms. The molecule has 0 aromatic heterocycles.